The number of nitrogens with one attached hydrogen (secondary N) is 1. The van der Waals surface area contributed by atoms with Gasteiger partial charge in [-0.15, -0.1) is 0 Å². The number of hydrogen-bond donors (Lipinski definition) is 2. The van der Waals surface area contributed by atoms with Gasteiger partial charge in [-0.05, 0) is 12.1 Å². The van der Waals surface area contributed by atoms with Crippen LogP contribution in [0.15, 0.2) is 23.0 Å². The van der Waals surface area contributed by atoms with Crippen LogP contribution in [0.1, 0.15) is 0 Å². The first-order valence-corrected chi connectivity index (χ1v) is 6.28. The van der Waals surface area contributed by atoms with E-state index in [2.05, 4.69) is 5.32 Å². The van der Waals surface area contributed by atoms with E-state index in [1.807, 2.05) is 0 Å². The standard InChI is InChI=1S/C14H17N3O4/c1-16-12(18)7-21-11-5-8-4-9(15)6-10(20-3)13(8)17(2)14(11)19/h4-6H,7,15H2,1-3H3,(H,16,18). The maximum absolute atomic E-state index is 12.3. The van der Waals surface area contributed by atoms with Gasteiger partial charge in [0.1, 0.15) is 5.75 Å². The summed E-state index contributed by atoms with van der Waals surface area (Å²) in [5.74, 6) is 0.269. The molecule has 1 aromatic carbocycles. The summed E-state index contributed by atoms with van der Waals surface area (Å²) in [6, 6.07) is 4.91. The third-order valence-corrected chi connectivity index (χ3v) is 3.12. The number of carbonyl (C=O) groups excluding carboxylic acids is 1. The van der Waals surface area contributed by atoms with Crippen molar-refractivity contribution >= 4 is 22.5 Å². The lowest BCUT2D eigenvalue weighted by Gasteiger charge is -2.13. The highest BCUT2D eigenvalue weighted by molar-refractivity contribution is 5.89. The molecule has 0 saturated carbocycles. The molecule has 7 nitrogen and oxygen atoms in total. The number of aromatic nitrogens is 1. The zero-order valence-corrected chi connectivity index (χ0v) is 12.1. The van der Waals surface area contributed by atoms with Crippen LogP contribution in [0.2, 0.25) is 0 Å². The Kier molecular flexibility index (Phi) is 4.02. The molecule has 1 aromatic heterocycles. The summed E-state index contributed by atoms with van der Waals surface area (Å²) in [4.78, 5) is 23.5. The predicted molar refractivity (Wildman–Crippen MR) is 79.7 cm³/mol. The number of ether oxygens (including phenoxy) is 2. The molecular weight excluding hydrogens is 274 g/mol. The molecule has 7 heteroatoms. The van der Waals surface area contributed by atoms with Gasteiger partial charge < -0.3 is 25.1 Å². The van der Waals surface area contributed by atoms with Crippen molar-refractivity contribution in [3.63, 3.8) is 0 Å². The Morgan fingerprint density at radius 3 is 2.67 bits per heavy atom. The first-order chi connectivity index (χ1) is 9.97. The van der Waals surface area contributed by atoms with Crippen molar-refractivity contribution in [3.8, 4) is 11.5 Å². The number of pyridine rings is 1. The van der Waals surface area contributed by atoms with E-state index in [-0.39, 0.29) is 23.8 Å². The second-order valence-corrected chi connectivity index (χ2v) is 4.50. The minimum Gasteiger partial charge on any atom is -0.494 e. The topological polar surface area (TPSA) is 95.6 Å². The Morgan fingerprint density at radius 1 is 1.33 bits per heavy atom. The smallest absolute Gasteiger partial charge is 0.293 e. The zero-order valence-electron chi connectivity index (χ0n) is 12.1. The van der Waals surface area contributed by atoms with Crippen molar-refractivity contribution in [2.24, 2.45) is 7.05 Å². The van der Waals surface area contributed by atoms with Crippen LogP contribution in [0.5, 0.6) is 11.5 Å². The highest BCUT2D eigenvalue weighted by atomic mass is 16.5. The number of nitrogens with zero attached hydrogens (tertiary/aromatic N) is 1. The average Bonchev–Trinajstić information content (AvgIpc) is 2.47. The Hall–Kier alpha value is -2.70. The number of likely N-dealkylation sites (N-methyl/N-ethyl adjacent to an activating group) is 1. The largest absolute Gasteiger partial charge is 0.494 e. The summed E-state index contributed by atoms with van der Waals surface area (Å²) in [6.07, 6.45) is 0. The SMILES string of the molecule is CNC(=O)COc1cc2cc(N)cc(OC)c2n(C)c1=O. The third-order valence-electron chi connectivity index (χ3n) is 3.12. The molecule has 1 heterocycles. The molecular formula is C14H17N3O4. The molecule has 0 atom stereocenters. The molecule has 2 aromatic rings. The van der Waals surface area contributed by atoms with Crippen LogP contribution in [0.3, 0.4) is 0 Å². The molecule has 0 aliphatic heterocycles. The molecule has 0 spiro atoms. The van der Waals surface area contributed by atoms with Crippen molar-refractivity contribution in [2.45, 2.75) is 0 Å². The Labute approximate surface area is 121 Å². The number of nitrogens with two attached hydrogens (primary N) is 1. The molecule has 0 aliphatic carbocycles. The lowest BCUT2D eigenvalue weighted by molar-refractivity contribution is -0.122. The molecule has 0 bridgehead atoms. The first kappa shape index (κ1) is 14.7. The van der Waals surface area contributed by atoms with Crippen LogP contribution in [-0.2, 0) is 11.8 Å². The molecule has 112 valence electrons. The summed E-state index contributed by atoms with van der Waals surface area (Å²) < 4.78 is 11.9. The summed E-state index contributed by atoms with van der Waals surface area (Å²) >= 11 is 0. The van der Waals surface area contributed by atoms with E-state index >= 15 is 0 Å². The normalized spacial score (nSPS) is 10.4. The summed E-state index contributed by atoms with van der Waals surface area (Å²) in [6.45, 7) is -0.225. The number of amides is 1. The number of benzene rings is 1. The van der Waals surface area contributed by atoms with E-state index in [9.17, 15) is 9.59 Å². The van der Waals surface area contributed by atoms with Gasteiger partial charge >= 0.3 is 0 Å². The lowest BCUT2D eigenvalue weighted by atomic mass is 10.1. The lowest BCUT2D eigenvalue weighted by Crippen LogP contribution is -2.27. The number of hydrogen-bond acceptors (Lipinski definition) is 5. The van der Waals surface area contributed by atoms with Crippen LogP contribution >= 0.6 is 0 Å². The highest BCUT2D eigenvalue weighted by Gasteiger charge is 2.13. The fourth-order valence-corrected chi connectivity index (χ4v) is 2.06. The van der Waals surface area contributed by atoms with Crippen molar-refractivity contribution in [2.75, 3.05) is 26.5 Å². The Bertz CT molecular complexity index is 752. The zero-order chi connectivity index (χ0) is 15.6. The number of rotatable bonds is 4. The fraction of sp³-hybridized carbons (Fsp3) is 0.286. The number of methoxy groups -OCH3 is 1. The number of fused-ring (bicyclic) bond motifs is 1. The average molecular weight is 291 g/mol. The predicted octanol–water partition coefficient (Wildman–Crippen LogP) is 0.254. The maximum atomic E-state index is 12.3. The quantitative estimate of drug-likeness (QED) is 0.787. The Morgan fingerprint density at radius 2 is 2.05 bits per heavy atom. The molecule has 2 rings (SSSR count). The van der Waals surface area contributed by atoms with E-state index in [1.54, 1.807) is 25.2 Å². The number of anilines is 1. The van der Waals surface area contributed by atoms with E-state index in [4.69, 9.17) is 15.2 Å². The van der Waals surface area contributed by atoms with E-state index in [0.717, 1.165) is 0 Å². The minimum atomic E-state index is -0.352. The van der Waals surface area contributed by atoms with Crippen molar-refractivity contribution in [1.82, 2.24) is 9.88 Å². The number of nitrogen functional groups attached to an aromatic ring is 1. The van der Waals surface area contributed by atoms with Crippen molar-refractivity contribution in [3.05, 3.63) is 28.6 Å². The first-order valence-electron chi connectivity index (χ1n) is 6.28. The fourth-order valence-electron chi connectivity index (χ4n) is 2.06. The molecule has 3 N–H and O–H groups in total. The highest BCUT2D eigenvalue weighted by Crippen LogP contribution is 2.29. The van der Waals surface area contributed by atoms with Crippen LogP contribution in [0.25, 0.3) is 10.9 Å². The van der Waals surface area contributed by atoms with Gasteiger partial charge in [0, 0.05) is 31.2 Å². The van der Waals surface area contributed by atoms with Gasteiger partial charge in [-0.2, -0.15) is 0 Å². The van der Waals surface area contributed by atoms with Gasteiger partial charge in [-0.25, -0.2) is 0 Å². The van der Waals surface area contributed by atoms with Crippen LogP contribution < -0.4 is 26.1 Å². The third kappa shape index (κ3) is 2.76. The van der Waals surface area contributed by atoms with Crippen LogP contribution in [-0.4, -0.2) is 31.2 Å². The molecule has 0 aliphatic rings. The van der Waals surface area contributed by atoms with Gasteiger partial charge in [0.05, 0.1) is 12.6 Å². The summed E-state index contributed by atoms with van der Waals surface area (Å²) in [7, 11) is 4.61. The molecule has 0 radical (unpaired) electrons. The second-order valence-electron chi connectivity index (χ2n) is 4.50. The van der Waals surface area contributed by atoms with Gasteiger partial charge in [0.25, 0.3) is 11.5 Å². The second kappa shape index (κ2) is 5.74. The number of carbonyl (C=O) groups is 1. The van der Waals surface area contributed by atoms with Gasteiger partial charge in [0.15, 0.2) is 12.4 Å². The monoisotopic (exact) mass is 291 g/mol. The Balaban J connectivity index is 2.58. The van der Waals surface area contributed by atoms with Gasteiger partial charge in [0.2, 0.25) is 0 Å². The summed E-state index contributed by atoms with van der Waals surface area (Å²) in [5.41, 5.74) is 6.58. The molecule has 0 unspecified atom stereocenters. The van der Waals surface area contributed by atoms with Crippen LogP contribution in [0, 0.1) is 0 Å². The van der Waals surface area contributed by atoms with Crippen LogP contribution in [0.4, 0.5) is 5.69 Å². The molecule has 21 heavy (non-hydrogen) atoms. The van der Waals surface area contributed by atoms with E-state index < -0.39 is 0 Å². The number of aryl methyl sites for hydroxylation is 1. The molecule has 0 fully saturated rings. The van der Waals surface area contributed by atoms with Gasteiger partial charge in [-0.3, -0.25) is 9.59 Å². The maximum Gasteiger partial charge on any atom is 0.293 e. The molecule has 1 amide bonds. The van der Waals surface area contributed by atoms with Gasteiger partial charge in [-0.1, -0.05) is 0 Å². The minimum absolute atomic E-state index is 0.0845. The van der Waals surface area contributed by atoms with Crippen molar-refractivity contribution in [1.29, 1.82) is 0 Å². The van der Waals surface area contributed by atoms with Crippen molar-refractivity contribution < 1.29 is 14.3 Å². The van der Waals surface area contributed by atoms with E-state index in [0.29, 0.717) is 22.3 Å². The summed E-state index contributed by atoms with van der Waals surface area (Å²) in [5, 5.41) is 3.12. The molecule has 0 saturated heterocycles. The van der Waals surface area contributed by atoms with E-state index in [1.165, 1.54) is 18.7 Å².